The number of sulfonamides is 1. The number of methoxy groups -OCH3 is 1. The van der Waals surface area contributed by atoms with Gasteiger partial charge in [-0.2, -0.15) is 0 Å². The number of fused-ring (bicyclic) bond motifs is 1. The Labute approximate surface area is 213 Å². The van der Waals surface area contributed by atoms with Gasteiger partial charge < -0.3 is 9.47 Å². The lowest BCUT2D eigenvalue weighted by atomic mass is 10.1. The van der Waals surface area contributed by atoms with Gasteiger partial charge in [0.2, 0.25) is 0 Å². The van der Waals surface area contributed by atoms with E-state index in [4.69, 9.17) is 14.5 Å². The minimum Gasteiger partial charge on any atom is -0.497 e. The lowest BCUT2D eigenvalue weighted by Crippen LogP contribution is -2.37. The first-order chi connectivity index (χ1) is 17.4. The highest BCUT2D eigenvalue weighted by atomic mass is 32.2. The van der Waals surface area contributed by atoms with E-state index in [0.29, 0.717) is 35.3 Å². The Bertz CT molecular complexity index is 1460. The number of benzene rings is 3. The molecule has 1 fully saturated rings. The zero-order valence-electron chi connectivity index (χ0n) is 19.6. The van der Waals surface area contributed by atoms with Crippen molar-refractivity contribution >= 4 is 48.3 Å². The van der Waals surface area contributed by atoms with Crippen molar-refractivity contribution in [2.75, 3.05) is 29.9 Å². The van der Waals surface area contributed by atoms with E-state index in [1.165, 1.54) is 23.5 Å². The maximum absolute atomic E-state index is 13.6. The molecule has 1 saturated heterocycles. The van der Waals surface area contributed by atoms with Gasteiger partial charge in [0.05, 0.1) is 34.9 Å². The molecule has 36 heavy (non-hydrogen) atoms. The Kier molecular flexibility index (Phi) is 6.90. The van der Waals surface area contributed by atoms with Crippen molar-refractivity contribution in [3.8, 4) is 5.75 Å². The van der Waals surface area contributed by atoms with Crippen LogP contribution in [0.4, 0.5) is 10.8 Å². The molecule has 0 bridgehead atoms. The Hall–Kier alpha value is -3.47. The third-order valence-electron chi connectivity index (χ3n) is 5.91. The van der Waals surface area contributed by atoms with Crippen LogP contribution in [-0.2, 0) is 14.8 Å². The van der Waals surface area contributed by atoms with Gasteiger partial charge in [0.1, 0.15) is 5.75 Å². The highest BCUT2D eigenvalue weighted by Crippen LogP contribution is 2.33. The van der Waals surface area contributed by atoms with E-state index in [9.17, 15) is 13.2 Å². The van der Waals surface area contributed by atoms with Crippen molar-refractivity contribution in [1.82, 2.24) is 4.98 Å². The molecule has 3 aromatic carbocycles. The maximum atomic E-state index is 13.6. The van der Waals surface area contributed by atoms with Gasteiger partial charge in [-0.3, -0.25) is 14.4 Å². The molecule has 1 aliphatic rings. The van der Waals surface area contributed by atoms with Crippen LogP contribution in [0.15, 0.2) is 77.7 Å². The first kappa shape index (κ1) is 24.2. The SMILES string of the molecule is COc1ccc2sc(N(CC3CCCO3)C(=O)c3ccc(NS(=O)(=O)c4ccccc4)cc3)nc2c1. The molecule has 1 atom stereocenters. The predicted molar refractivity (Wildman–Crippen MR) is 141 cm³/mol. The number of aromatic nitrogens is 1. The summed E-state index contributed by atoms with van der Waals surface area (Å²) in [5, 5.41) is 0.576. The molecule has 10 heteroatoms. The summed E-state index contributed by atoms with van der Waals surface area (Å²) >= 11 is 1.43. The predicted octanol–water partition coefficient (Wildman–Crippen LogP) is 4.93. The topological polar surface area (TPSA) is 97.8 Å². The zero-order chi connectivity index (χ0) is 25.1. The van der Waals surface area contributed by atoms with Crippen LogP contribution in [0, 0.1) is 0 Å². The van der Waals surface area contributed by atoms with Crippen LogP contribution >= 0.6 is 11.3 Å². The Morgan fingerprint density at radius 2 is 1.92 bits per heavy atom. The van der Waals surface area contributed by atoms with Gasteiger partial charge in [-0.25, -0.2) is 13.4 Å². The lowest BCUT2D eigenvalue weighted by molar-refractivity contribution is 0.0917. The fourth-order valence-electron chi connectivity index (χ4n) is 4.03. The number of amides is 1. The van der Waals surface area contributed by atoms with Crippen LogP contribution in [-0.4, -0.2) is 45.7 Å². The number of ether oxygens (including phenoxy) is 2. The smallest absolute Gasteiger partial charge is 0.261 e. The molecule has 1 amide bonds. The van der Waals surface area contributed by atoms with Crippen LogP contribution in [0.1, 0.15) is 23.2 Å². The second kappa shape index (κ2) is 10.3. The summed E-state index contributed by atoms with van der Waals surface area (Å²) in [5.74, 6) is 0.471. The lowest BCUT2D eigenvalue weighted by Gasteiger charge is -2.23. The maximum Gasteiger partial charge on any atom is 0.261 e. The van der Waals surface area contributed by atoms with E-state index in [-0.39, 0.29) is 16.9 Å². The zero-order valence-corrected chi connectivity index (χ0v) is 21.2. The molecule has 1 unspecified atom stereocenters. The number of nitrogens with one attached hydrogen (secondary N) is 1. The van der Waals surface area contributed by atoms with Crippen LogP contribution in [0.3, 0.4) is 0 Å². The van der Waals surface area contributed by atoms with Gasteiger partial charge in [0.25, 0.3) is 15.9 Å². The number of hydrogen-bond donors (Lipinski definition) is 1. The molecule has 2 heterocycles. The van der Waals surface area contributed by atoms with Crippen molar-refractivity contribution < 1.29 is 22.7 Å². The van der Waals surface area contributed by atoms with Crippen LogP contribution in [0.25, 0.3) is 10.2 Å². The summed E-state index contributed by atoms with van der Waals surface area (Å²) in [5.41, 5.74) is 1.55. The van der Waals surface area contributed by atoms with E-state index in [2.05, 4.69) is 4.72 Å². The molecular formula is C26H25N3O5S2. The van der Waals surface area contributed by atoms with E-state index < -0.39 is 10.0 Å². The molecule has 4 aromatic rings. The molecule has 0 saturated carbocycles. The summed E-state index contributed by atoms with van der Waals surface area (Å²) in [7, 11) is -2.12. The van der Waals surface area contributed by atoms with Crippen molar-refractivity contribution in [3.05, 3.63) is 78.4 Å². The highest BCUT2D eigenvalue weighted by Gasteiger charge is 2.27. The van der Waals surface area contributed by atoms with Crippen molar-refractivity contribution in [3.63, 3.8) is 0 Å². The number of thiazole rings is 1. The van der Waals surface area contributed by atoms with Crippen LogP contribution < -0.4 is 14.4 Å². The Balaban J connectivity index is 1.40. The standard InChI is InChI=1S/C26H25N3O5S2/c1-33-20-13-14-24-23(16-20)27-26(35-24)29(17-21-6-5-15-34-21)25(30)18-9-11-19(12-10-18)28-36(31,32)22-7-3-2-4-8-22/h2-4,7-14,16,21,28H,5-6,15,17H2,1H3. The molecule has 0 radical (unpaired) electrons. The summed E-state index contributed by atoms with van der Waals surface area (Å²) < 4.78 is 39.9. The Morgan fingerprint density at radius 1 is 1.14 bits per heavy atom. The highest BCUT2D eigenvalue weighted by molar-refractivity contribution is 7.92. The van der Waals surface area contributed by atoms with E-state index >= 15 is 0 Å². The summed E-state index contributed by atoms with van der Waals surface area (Å²) in [6.45, 7) is 1.07. The van der Waals surface area contributed by atoms with E-state index in [1.807, 2.05) is 18.2 Å². The van der Waals surface area contributed by atoms with E-state index in [0.717, 1.165) is 23.1 Å². The molecular weight excluding hydrogens is 498 g/mol. The van der Waals surface area contributed by atoms with Crippen LogP contribution in [0.5, 0.6) is 5.75 Å². The Morgan fingerprint density at radius 3 is 2.61 bits per heavy atom. The number of hydrogen-bond acceptors (Lipinski definition) is 7. The quantitative estimate of drug-likeness (QED) is 0.352. The fourth-order valence-corrected chi connectivity index (χ4v) is 6.06. The molecule has 1 N–H and O–H groups in total. The van der Waals surface area contributed by atoms with Gasteiger partial charge in [0, 0.05) is 23.9 Å². The molecule has 186 valence electrons. The molecule has 0 aliphatic carbocycles. The normalized spacial score (nSPS) is 15.6. The minimum atomic E-state index is -3.72. The van der Waals surface area contributed by atoms with Crippen molar-refractivity contribution in [1.29, 1.82) is 0 Å². The summed E-state index contributed by atoms with van der Waals surface area (Å²) in [4.78, 5) is 20.1. The monoisotopic (exact) mass is 523 g/mol. The first-order valence-electron chi connectivity index (χ1n) is 11.5. The third kappa shape index (κ3) is 5.20. The van der Waals surface area contributed by atoms with Crippen molar-refractivity contribution in [2.45, 2.75) is 23.8 Å². The van der Waals surface area contributed by atoms with Gasteiger partial charge in [0.15, 0.2) is 5.13 Å². The minimum absolute atomic E-state index is 0.0625. The first-order valence-corrected chi connectivity index (χ1v) is 13.8. The number of carbonyl (C=O) groups excluding carboxylic acids is 1. The number of rotatable bonds is 8. The van der Waals surface area contributed by atoms with Gasteiger partial charge in [-0.05, 0) is 61.4 Å². The summed E-state index contributed by atoms with van der Waals surface area (Å²) in [6.07, 6.45) is 1.77. The van der Waals surface area contributed by atoms with Gasteiger partial charge >= 0.3 is 0 Å². The largest absolute Gasteiger partial charge is 0.497 e. The summed E-state index contributed by atoms with van der Waals surface area (Å²) in [6, 6.07) is 20.2. The fraction of sp³-hybridized carbons (Fsp3) is 0.231. The molecule has 1 aromatic heterocycles. The van der Waals surface area contributed by atoms with E-state index in [1.54, 1.807) is 54.5 Å². The number of carbonyl (C=O) groups is 1. The molecule has 5 rings (SSSR count). The third-order valence-corrected chi connectivity index (χ3v) is 8.36. The molecule has 0 spiro atoms. The van der Waals surface area contributed by atoms with Crippen molar-refractivity contribution in [2.24, 2.45) is 0 Å². The number of nitrogens with zero attached hydrogens (tertiary/aromatic N) is 2. The second-order valence-corrected chi connectivity index (χ2v) is 11.1. The van der Waals surface area contributed by atoms with Gasteiger partial charge in [-0.15, -0.1) is 0 Å². The number of anilines is 2. The molecule has 1 aliphatic heterocycles. The van der Waals surface area contributed by atoms with Gasteiger partial charge in [-0.1, -0.05) is 29.5 Å². The average molecular weight is 524 g/mol. The molecule has 8 nitrogen and oxygen atoms in total. The van der Waals surface area contributed by atoms with Crippen LogP contribution in [0.2, 0.25) is 0 Å². The average Bonchev–Trinajstić information content (AvgIpc) is 3.57. The second-order valence-electron chi connectivity index (χ2n) is 8.38.